The first-order chi connectivity index (χ1) is 11.3. The molecule has 0 fully saturated rings. The molecule has 0 radical (unpaired) electrons. The van der Waals surface area contributed by atoms with Gasteiger partial charge in [0.25, 0.3) is 0 Å². The molecule has 2 N–H and O–H groups in total. The van der Waals surface area contributed by atoms with Gasteiger partial charge in [0.05, 0.1) is 0 Å². The smallest absolute Gasteiger partial charge is 0.250 e. The van der Waals surface area contributed by atoms with Crippen molar-refractivity contribution in [1.82, 2.24) is 15.2 Å². The van der Waals surface area contributed by atoms with Crippen LogP contribution in [0.2, 0.25) is 0 Å². The molecule has 0 aliphatic carbocycles. The standard InChI is InChI=1S/C17H30N4O2/c1-3-23-15-9-6-12-20-17(18-2)19-11-5-8-14-21-13-7-4-10-16(21)22/h4,7,10,13H,3,5-6,8-9,11-12,14-15H2,1-2H3,(H2,18,19,20). The number of aromatic nitrogens is 1. The van der Waals surface area contributed by atoms with E-state index in [0.717, 1.165) is 64.5 Å². The van der Waals surface area contributed by atoms with Crippen molar-refractivity contribution in [3.63, 3.8) is 0 Å². The highest BCUT2D eigenvalue weighted by molar-refractivity contribution is 5.79. The summed E-state index contributed by atoms with van der Waals surface area (Å²) in [6, 6.07) is 5.25. The van der Waals surface area contributed by atoms with Gasteiger partial charge in [0.15, 0.2) is 5.96 Å². The molecule has 0 aliphatic heterocycles. The Kier molecular flexibility index (Phi) is 10.6. The third kappa shape index (κ3) is 9.03. The Labute approximate surface area is 139 Å². The number of aryl methyl sites for hydroxylation is 1. The molecule has 1 aromatic rings. The van der Waals surface area contributed by atoms with Crippen LogP contribution in [0.5, 0.6) is 0 Å². The van der Waals surface area contributed by atoms with Gasteiger partial charge in [-0.2, -0.15) is 0 Å². The summed E-state index contributed by atoms with van der Waals surface area (Å²) in [6.45, 7) is 6.12. The quantitative estimate of drug-likeness (QED) is 0.369. The molecule has 0 unspecified atom stereocenters. The molecule has 0 saturated heterocycles. The molecule has 23 heavy (non-hydrogen) atoms. The number of unbranched alkanes of at least 4 members (excludes halogenated alkanes) is 2. The molecule has 1 aromatic heterocycles. The topological polar surface area (TPSA) is 67.7 Å². The summed E-state index contributed by atoms with van der Waals surface area (Å²) in [5.74, 6) is 0.832. The summed E-state index contributed by atoms with van der Waals surface area (Å²) >= 11 is 0. The van der Waals surface area contributed by atoms with Crippen molar-refractivity contribution in [3.8, 4) is 0 Å². The van der Waals surface area contributed by atoms with Gasteiger partial charge >= 0.3 is 0 Å². The first kappa shape index (κ1) is 19.2. The minimum atomic E-state index is 0.0602. The Balaban J connectivity index is 2.06. The molecule has 6 heteroatoms. The highest BCUT2D eigenvalue weighted by Crippen LogP contribution is 1.92. The predicted octanol–water partition coefficient (Wildman–Crippen LogP) is 1.61. The molecule has 1 heterocycles. The summed E-state index contributed by atoms with van der Waals surface area (Å²) in [4.78, 5) is 15.8. The van der Waals surface area contributed by atoms with Crippen molar-refractivity contribution in [3.05, 3.63) is 34.7 Å². The molecule has 0 bridgehead atoms. The summed E-state index contributed by atoms with van der Waals surface area (Å²) in [5.41, 5.74) is 0.0602. The monoisotopic (exact) mass is 322 g/mol. The van der Waals surface area contributed by atoms with E-state index in [9.17, 15) is 4.79 Å². The normalized spacial score (nSPS) is 11.5. The molecule has 0 aliphatic rings. The average Bonchev–Trinajstić information content (AvgIpc) is 2.57. The number of hydrogen-bond donors (Lipinski definition) is 2. The number of nitrogens with one attached hydrogen (secondary N) is 2. The first-order valence-electron chi connectivity index (χ1n) is 8.45. The van der Waals surface area contributed by atoms with Gasteiger partial charge in [0.2, 0.25) is 5.56 Å². The van der Waals surface area contributed by atoms with Crippen LogP contribution in [-0.4, -0.2) is 43.9 Å². The fourth-order valence-corrected chi connectivity index (χ4v) is 2.16. The van der Waals surface area contributed by atoms with Crippen LogP contribution in [0.25, 0.3) is 0 Å². The maximum absolute atomic E-state index is 11.6. The third-order valence-corrected chi connectivity index (χ3v) is 3.45. The van der Waals surface area contributed by atoms with Crippen molar-refractivity contribution >= 4 is 5.96 Å². The van der Waals surface area contributed by atoms with Crippen LogP contribution in [-0.2, 0) is 11.3 Å². The molecule has 130 valence electrons. The van der Waals surface area contributed by atoms with Gasteiger partial charge in [-0.25, -0.2) is 0 Å². The number of hydrogen-bond acceptors (Lipinski definition) is 3. The first-order valence-corrected chi connectivity index (χ1v) is 8.45. The Morgan fingerprint density at radius 2 is 1.91 bits per heavy atom. The molecular formula is C17H30N4O2. The second-order valence-corrected chi connectivity index (χ2v) is 5.27. The molecule has 1 rings (SSSR count). The minimum absolute atomic E-state index is 0.0602. The van der Waals surface area contributed by atoms with Crippen LogP contribution in [0.4, 0.5) is 0 Å². The van der Waals surface area contributed by atoms with Gasteiger partial charge in [0, 0.05) is 52.2 Å². The Bertz CT molecular complexity index is 499. The van der Waals surface area contributed by atoms with E-state index in [0.29, 0.717) is 0 Å². The van der Waals surface area contributed by atoms with Crippen LogP contribution in [0.15, 0.2) is 34.2 Å². The zero-order valence-electron chi connectivity index (χ0n) is 14.4. The summed E-state index contributed by atoms with van der Waals surface area (Å²) < 4.78 is 7.05. The van der Waals surface area contributed by atoms with Gasteiger partial charge in [-0.05, 0) is 38.7 Å². The second-order valence-electron chi connectivity index (χ2n) is 5.27. The van der Waals surface area contributed by atoms with Crippen LogP contribution >= 0.6 is 0 Å². The SMILES string of the molecule is CCOCCCCNC(=NC)NCCCCn1ccccc1=O. The number of ether oxygens (including phenoxy) is 1. The van der Waals surface area contributed by atoms with E-state index < -0.39 is 0 Å². The van der Waals surface area contributed by atoms with Gasteiger partial charge in [0.1, 0.15) is 0 Å². The highest BCUT2D eigenvalue weighted by atomic mass is 16.5. The minimum Gasteiger partial charge on any atom is -0.382 e. The van der Waals surface area contributed by atoms with Crippen molar-refractivity contribution in [2.75, 3.05) is 33.4 Å². The zero-order chi connectivity index (χ0) is 16.8. The summed E-state index contributed by atoms with van der Waals surface area (Å²) in [6.07, 6.45) is 5.91. The third-order valence-electron chi connectivity index (χ3n) is 3.45. The molecule has 0 spiro atoms. The Morgan fingerprint density at radius 1 is 1.17 bits per heavy atom. The lowest BCUT2D eigenvalue weighted by Gasteiger charge is -2.12. The van der Waals surface area contributed by atoms with E-state index in [-0.39, 0.29) is 5.56 Å². The van der Waals surface area contributed by atoms with Gasteiger partial charge < -0.3 is 19.9 Å². The number of guanidine groups is 1. The molecule has 0 atom stereocenters. The van der Waals surface area contributed by atoms with Crippen molar-refractivity contribution < 1.29 is 4.74 Å². The average molecular weight is 322 g/mol. The Hall–Kier alpha value is -1.82. The second kappa shape index (κ2) is 12.7. The van der Waals surface area contributed by atoms with Gasteiger partial charge in [-0.3, -0.25) is 9.79 Å². The fourth-order valence-electron chi connectivity index (χ4n) is 2.16. The van der Waals surface area contributed by atoms with E-state index >= 15 is 0 Å². The summed E-state index contributed by atoms with van der Waals surface area (Å²) in [7, 11) is 1.78. The van der Waals surface area contributed by atoms with Crippen LogP contribution < -0.4 is 16.2 Å². The number of pyridine rings is 1. The molecule has 6 nitrogen and oxygen atoms in total. The van der Waals surface area contributed by atoms with Gasteiger partial charge in [-0.1, -0.05) is 6.07 Å². The van der Waals surface area contributed by atoms with Crippen molar-refractivity contribution in [1.29, 1.82) is 0 Å². The maximum atomic E-state index is 11.6. The van der Waals surface area contributed by atoms with Crippen molar-refractivity contribution in [2.24, 2.45) is 4.99 Å². The van der Waals surface area contributed by atoms with E-state index in [1.807, 2.05) is 19.2 Å². The molecular weight excluding hydrogens is 292 g/mol. The van der Waals surface area contributed by atoms with Crippen LogP contribution in [0.1, 0.15) is 32.6 Å². The van der Waals surface area contributed by atoms with Gasteiger partial charge in [-0.15, -0.1) is 0 Å². The largest absolute Gasteiger partial charge is 0.382 e. The van der Waals surface area contributed by atoms with E-state index in [2.05, 4.69) is 15.6 Å². The van der Waals surface area contributed by atoms with Crippen LogP contribution in [0.3, 0.4) is 0 Å². The number of rotatable bonds is 11. The predicted molar refractivity (Wildman–Crippen MR) is 95.0 cm³/mol. The molecule has 0 saturated carbocycles. The number of aliphatic imine (C=N–C) groups is 1. The zero-order valence-corrected chi connectivity index (χ0v) is 14.4. The molecule has 0 amide bonds. The maximum Gasteiger partial charge on any atom is 0.250 e. The lowest BCUT2D eigenvalue weighted by atomic mass is 10.3. The number of nitrogens with zero attached hydrogens (tertiary/aromatic N) is 2. The Morgan fingerprint density at radius 3 is 2.57 bits per heavy atom. The fraction of sp³-hybridized carbons (Fsp3) is 0.647. The van der Waals surface area contributed by atoms with Crippen LogP contribution in [0, 0.1) is 0 Å². The summed E-state index contributed by atoms with van der Waals surface area (Å²) in [5, 5.41) is 6.58. The van der Waals surface area contributed by atoms with E-state index in [4.69, 9.17) is 4.74 Å². The lowest BCUT2D eigenvalue weighted by molar-refractivity contribution is 0.143. The lowest BCUT2D eigenvalue weighted by Crippen LogP contribution is -2.38. The van der Waals surface area contributed by atoms with E-state index in [1.165, 1.54) is 0 Å². The van der Waals surface area contributed by atoms with E-state index in [1.54, 1.807) is 23.7 Å². The van der Waals surface area contributed by atoms with Crippen molar-refractivity contribution in [2.45, 2.75) is 39.2 Å². The molecule has 0 aromatic carbocycles. The highest BCUT2D eigenvalue weighted by Gasteiger charge is 1.98.